The van der Waals surface area contributed by atoms with Gasteiger partial charge in [-0.2, -0.15) is 5.26 Å². The zero-order valence-corrected chi connectivity index (χ0v) is 16.8. The van der Waals surface area contributed by atoms with Crippen LogP contribution < -0.4 is 0 Å². The molecule has 1 aromatic heterocycles. The van der Waals surface area contributed by atoms with E-state index < -0.39 is 4.92 Å². The van der Waals surface area contributed by atoms with Crippen molar-refractivity contribution < 1.29 is 9.34 Å². The first kappa shape index (κ1) is 20.1. The normalized spacial score (nSPS) is 10.8. The molecule has 0 atom stereocenters. The Hall–Kier alpha value is -4.21. The Balaban J connectivity index is 1.85. The molecule has 7 heteroatoms. The highest BCUT2D eigenvalue weighted by molar-refractivity contribution is 6.32. The SMILES string of the molecule is N#Cc1c(/N=C/c2ccc(Cl)c([N+](=O)[O-])c2)oc(-c2ccccc2)c1-c1ccccc1. The number of nitrogens with zero attached hydrogens (tertiary/aromatic N) is 3. The van der Waals surface area contributed by atoms with Gasteiger partial charge in [0.15, 0.2) is 0 Å². The van der Waals surface area contributed by atoms with Crippen LogP contribution in [-0.2, 0) is 0 Å². The van der Waals surface area contributed by atoms with E-state index in [4.69, 9.17) is 16.0 Å². The van der Waals surface area contributed by atoms with E-state index in [1.54, 1.807) is 6.07 Å². The van der Waals surface area contributed by atoms with Crippen molar-refractivity contribution in [3.8, 4) is 28.5 Å². The second kappa shape index (κ2) is 8.66. The summed E-state index contributed by atoms with van der Waals surface area (Å²) in [5.74, 6) is 0.649. The Morgan fingerprint density at radius 2 is 1.65 bits per heavy atom. The van der Waals surface area contributed by atoms with Crippen LogP contribution in [0.5, 0.6) is 0 Å². The molecular weight excluding hydrogens is 414 g/mol. The minimum absolute atomic E-state index is 0.0376. The summed E-state index contributed by atoms with van der Waals surface area (Å²) in [6.07, 6.45) is 1.41. The molecule has 0 saturated carbocycles. The van der Waals surface area contributed by atoms with Crippen LogP contribution in [-0.4, -0.2) is 11.1 Å². The van der Waals surface area contributed by atoms with Crippen LogP contribution in [0.3, 0.4) is 0 Å². The van der Waals surface area contributed by atoms with Crippen molar-refractivity contribution in [3.63, 3.8) is 0 Å². The van der Waals surface area contributed by atoms with Crippen molar-refractivity contribution in [3.05, 3.63) is 105 Å². The van der Waals surface area contributed by atoms with Crippen LogP contribution in [0.25, 0.3) is 22.5 Å². The highest BCUT2D eigenvalue weighted by atomic mass is 35.5. The molecule has 4 aromatic rings. The van der Waals surface area contributed by atoms with E-state index in [0.717, 1.165) is 11.1 Å². The van der Waals surface area contributed by atoms with Crippen molar-refractivity contribution >= 4 is 29.4 Å². The Kier molecular flexibility index (Phi) is 5.61. The lowest BCUT2D eigenvalue weighted by atomic mass is 9.98. The fourth-order valence-electron chi connectivity index (χ4n) is 3.17. The molecule has 31 heavy (non-hydrogen) atoms. The summed E-state index contributed by atoms with van der Waals surface area (Å²) in [7, 11) is 0. The lowest BCUT2D eigenvalue weighted by molar-refractivity contribution is -0.384. The Labute approximate surface area is 182 Å². The third-order valence-electron chi connectivity index (χ3n) is 4.60. The number of nitro benzene ring substituents is 1. The largest absolute Gasteiger partial charge is 0.436 e. The lowest BCUT2D eigenvalue weighted by Crippen LogP contribution is -1.91. The van der Waals surface area contributed by atoms with Crippen molar-refractivity contribution in [1.82, 2.24) is 0 Å². The molecule has 0 N–H and O–H groups in total. The Bertz CT molecular complexity index is 1320. The van der Waals surface area contributed by atoms with E-state index in [-0.39, 0.29) is 22.2 Å². The average molecular weight is 428 g/mol. The summed E-state index contributed by atoms with van der Waals surface area (Å²) < 4.78 is 6.02. The number of nitro groups is 1. The minimum Gasteiger partial charge on any atom is -0.436 e. The smallest absolute Gasteiger partial charge is 0.288 e. The van der Waals surface area contributed by atoms with Crippen LogP contribution in [0.4, 0.5) is 11.6 Å². The summed E-state index contributed by atoms with van der Waals surface area (Å²) >= 11 is 5.87. The fourth-order valence-corrected chi connectivity index (χ4v) is 3.36. The molecule has 0 amide bonds. The number of hydrogen-bond donors (Lipinski definition) is 0. The summed E-state index contributed by atoms with van der Waals surface area (Å²) in [5.41, 5.74) is 2.79. The fraction of sp³-hybridized carbons (Fsp3) is 0. The number of halogens is 1. The molecule has 0 bridgehead atoms. The second-order valence-electron chi connectivity index (χ2n) is 6.56. The van der Waals surface area contributed by atoms with E-state index in [1.807, 2.05) is 60.7 Å². The number of benzene rings is 3. The highest BCUT2D eigenvalue weighted by Gasteiger charge is 2.22. The van der Waals surface area contributed by atoms with Gasteiger partial charge in [0.25, 0.3) is 5.69 Å². The molecule has 150 valence electrons. The van der Waals surface area contributed by atoms with E-state index >= 15 is 0 Å². The molecule has 0 aliphatic carbocycles. The summed E-state index contributed by atoms with van der Waals surface area (Å²) in [6.45, 7) is 0. The second-order valence-corrected chi connectivity index (χ2v) is 6.96. The molecule has 4 rings (SSSR count). The molecule has 0 fully saturated rings. The van der Waals surface area contributed by atoms with Crippen LogP contribution in [0.1, 0.15) is 11.1 Å². The van der Waals surface area contributed by atoms with E-state index in [0.29, 0.717) is 16.9 Å². The van der Waals surface area contributed by atoms with E-state index in [9.17, 15) is 15.4 Å². The molecular formula is C24H14ClN3O3. The van der Waals surface area contributed by atoms with Gasteiger partial charge in [0.2, 0.25) is 5.88 Å². The zero-order valence-electron chi connectivity index (χ0n) is 16.0. The first-order valence-corrected chi connectivity index (χ1v) is 9.62. The predicted molar refractivity (Wildman–Crippen MR) is 120 cm³/mol. The maximum atomic E-state index is 11.1. The number of aliphatic imine (C=N–C) groups is 1. The van der Waals surface area contributed by atoms with Gasteiger partial charge in [-0.15, -0.1) is 0 Å². The van der Waals surface area contributed by atoms with Gasteiger partial charge in [0, 0.05) is 23.4 Å². The van der Waals surface area contributed by atoms with Gasteiger partial charge < -0.3 is 4.42 Å². The monoisotopic (exact) mass is 427 g/mol. The molecule has 0 radical (unpaired) electrons. The van der Waals surface area contributed by atoms with Gasteiger partial charge in [0.1, 0.15) is 22.4 Å². The number of furan rings is 1. The maximum absolute atomic E-state index is 11.1. The van der Waals surface area contributed by atoms with Crippen LogP contribution in [0, 0.1) is 21.4 Å². The third-order valence-corrected chi connectivity index (χ3v) is 4.92. The molecule has 1 heterocycles. The number of rotatable bonds is 5. The first-order valence-electron chi connectivity index (χ1n) is 9.24. The van der Waals surface area contributed by atoms with Gasteiger partial charge in [-0.3, -0.25) is 10.1 Å². The summed E-state index contributed by atoms with van der Waals surface area (Å²) in [6, 6.07) is 25.4. The predicted octanol–water partition coefficient (Wildman–Crippen LogP) is 6.80. The van der Waals surface area contributed by atoms with Crippen molar-refractivity contribution in [2.75, 3.05) is 0 Å². The van der Waals surface area contributed by atoms with Gasteiger partial charge in [-0.05, 0) is 17.2 Å². The van der Waals surface area contributed by atoms with Gasteiger partial charge in [-0.25, -0.2) is 4.99 Å². The van der Waals surface area contributed by atoms with Crippen molar-refractivity contribution in [1.29, 1.82) is 5.26 Å². The van der Waals surface area contributed by atoms with Crippen LogP contribution >= 0.6 is 11.6 Å². The van der Waals surface area contributed by atoms with Gasteiger partial charge in [-0.1, -0.05) is 78.3 Å². The molecule has 3 aromatic carbocycles. The standard InChI is InChI=1S/C24H14ClN3O3/c25-20-12-11-16(13-21(20)28(29)30)15-27-24-19(14-26)22(17-7-3-1-4-8-17)23(31-24)18-9-5-2-6-10-18/h1-13,15H/b27-15+. The van der Waals surface area contributed by atoms with Gasteiger partial charge >= 0.3 is 0 Å². The van der Waals surface area contributed by atoms with Crippen LogP contribution in [0.2, 0.25) is 5.02 Å². The molecule has 6 nitrogen and oxygen atoms in total. The minimum atomic E-state index is -0.561. The quantitative estimate of drug-likeness (QED) is 0.199. The summed E-state index contributed by atoms with van der Waals surface area (Å²) in [4.78, 5) is 14.9. The molecule has 0 aliphatic rings. The topological polar surface area (TPSA) is 92.4 Å². The van der Waals surface area contributed by atoms with E-state index in [2.05, 4.69) is 11.1 Å². The van der Waals surface area contributed by atoms with Crippen LogP contribution in [0.15, 0.2) is 88.3 Å². The Morgan fingerprint density at radius 3 is 2.26 bits per heavy atom. The van der Waals surface area contributed by atoms with Crippen molar-refractivity contribution in [2.45, 2.75) is 0 Å². The van der Waals surface area contributed by atoms with E-state index in [1.165, 1.54) is 18.3 Å². The number of hydrogen-bond acceptors (Lipinski definition) is 5. The zero-order chi connectivity index (χ0) is 21.8. The van der Waals surface area contributed by atoms with Crippen molar-refractivity contribution in [2.24, 2.45) is 4.99 Å². The first-order chi connectivity index (χ1) is 15.1. The summed E-state index contributed by atoms with van der Waals surface area (Å²) in [5, 5.41) is 21.0. The maximum Gasteiger partial charge on any atom is 0.288 e. The Morgan fingerprint density at radius 1 is 1.00 bits per heavy atom. The number of nitriles is 1. The molecule has 0 spiro atoms. The molecule has 0 aliphatic heterocycles. The molecule has 0 unspecified atom stereocenters. The van der Waals surface area contributed by atoms with Gasteiger partial charge in [0.05, 0.1) is 4.92 Å². The molecule has 0 saturated heterocycles. The average Bonchev–Trinajstić information content (AvgIpc) is 3.18. The lowest BCUT2D eigenvalue weighted by Gasteiger charge is -2.03. The highest BCUT2D eigenvalue weighted by Crippen LogP contribution is 2.42. The third kappa shape index (κ3) is 4.08.